The lowest BCUT2D eigenvalue weighted by molar-refractivity contribution is 0.503. The van der Waals surface area contributed by atoms with E-state index in [-0.39, 0.29) is 5.41 Å². The highest BCUT2D eigenvalue weighted by atomic mass is 79.9. The summed E-state index contributed by atoms with van der Waals surface area (Å²) in [5, 5.41) is 0. The molecule has 0 radical (unpaired) electrons. The molecular formula is C11H16BrNO2S. The topological polar surface area (TPSA) is 46.2 Å². The Labute approximate surface area is 105 Å². The Morgan fingerprint density at radius 1 is 1.25 bits per heavy atom. The lowest BCUT2D eigenvalue weighted by Gasteiger charge is -2.25. The van der Waals surface area contributed by atoms with Gasteiger partial charge in [0.05, 0.1) is 6.26 Å². The first-order valence-electron chi connectivity index (χ1n) is 4.91. The van der Waals surface area contributed by atoms with Crippen LogP contribution in [0.1, 0.15) is 19.4 Å². The molecule has 16 heavy (non-hydrogen) atoms. The highest BCUT2D eigenvalue weighted by Gasteiger charge is 2.21. The average molecular weight is 306 g/mol. The van der Waals surface area contributed by atoms with E-state index in [2.05, 4.69) is 20.7 Å². The summed E-state index contributed by atoms with van der Waals surface area (Å²) in [6.07, 6.45) is 1.17. The molecule has 0 heterocycles. The Morgan fingerprint density at radius 3 is 2.19 bits per heavy atom. The molecule has 0 saturated carbocycles. The lowest BCUT2D eigenvalue weighted by Crippen LogP contribution is -2.36. The number of hydrogen-bond acceptors (Lipinski definition) is 2. The van der Waals surface area contributed by atoms with Crippen molar-refractivity contribution >= 4 is 26.0 Å². The fraction of sp³-hybridized carbons (Fsp3) is 0.455. The Balaban J connectivity index is 2.81. The Kier molecular flexibility index (Phi) is 4.15. The van der Waals surface area contributed by atoms with Crippen molar-refractivity contribution in [3.05, 3.63) is 34.3 Å². The summed E-state index contributed by atoms with van der Waals surface area (Å²) >= 11 is 3.37. The Morgan fingerprint density at radius 2 is 1.75 bits per heavy atom. The van der Waals surface area contributed by atoms with Gasteiger partial charge >= 0.3 is 0 Å². The van der Waals surface area contributed by atoms with Crippen molar-refractivity contribution in [1.29, 1.82) is 0 Å². The third-order valence-corrected chi connectivity index (χ3v) is 3.60. The number of sulfonamides is 1. The minimum Gasteiger partial charge on any atom is -0.215 e. The van der Waals surface area contributed by atoms with E-state index in [0.29, 0.717) is 6.54 Å². The predicted molar refractivity (Wildman–Crippen MR) is 70.0 cm³/mol. The van der Waals surface area contributed by atoms with Crippen LogP contribution in [-0.2, 0) is 15.4 Å². The maximum atomic E-state index is 11.0. The van der Waals surface area contributed by atoms with Crippen molar-refractivity contribution < 1.29 is 8.42 Å². The standard InChI is InChI=1S/C11H16BrNO2S/c1-11(2,8-13-16(3,14)15)9-4-6-10(12)7-5-9/h4-7,13H,8H2,1-3H3. The molecule has 0 bridgehead atoms. The molecule has 1 N–H and O–H groups in total. The van der Waals surface area contributed by atoms with Gasteiger partial charge in [-0.15, -0.1) is 0 Å². The second kappa shape index (κ2) is 4.85. The number of rotatable bonds is 4. The van der Waals surface area contributed by atoms with Gasteiger partial charge in [-0.2, -0.15) is 0 Å². The third-order valence-electron chi connectivity index (χ3n) is 2.40. The number of hydrogen-bond donors (Lipinski definition) is 1. The molecule has 0 saturated heterocycles. The molecule has 3 nitrogen and oxygen atoms in total. The van der Waals surface area contributed by atoms with Crippen molar-refractivity contribution in [2.75, 3.05) is 12.8 Å². The van der Waals surface area contributed by atoms with Crippen molar-refractivity contribution in [3.8, 4) is 0 Å². The minimum atomic E-state index is -3.13. The molecule has 1 aromatic carbocycles. The van der Waals surface area contributed by atoms with Crippen LogP contribution in [0.5, 0.6) is 0 Å². The summed E-state index contributed by atoms with van der Waals surface area (Å²) in [5.41, 5.74) is 0.885. The molecule has 5 heteroatoms. The predicted octanol–water partition coefficient (Wildman–Crippen LogP) is 2.28. The van der Waals surface area contributed by atoms with Gasteiger partial charge in [0, 0.05) is 16.4 Å². The molecule has 0 aliphatic rings. The van der Waals surface area contributed by atoms with Crippen molar-refractivity contribution in [2.45, 2.75) is 19.3 Å². The highest BCUT2D eigenvalue weighted by Crippen LogP contribution is 2.24. The first-order chi connectivity index (χ1) is 7.21. The van der Waals surface area contributed by atoms with Crippen LogP contribution < -0.4 is 4.72 Å². The Bertz CT molecular complexity index is 451. The molecule has 1 aromatic rings. The van der Waals surface area contributed by atoms with E-state index in [4.69, 9.17) is 0 Å². The van der Waals surface area contributed by atoms with Gasteiger partial charge in [-0.1, -0.05) is 41.9 Å². The zero-order chi connectivity index (χ0) is 12.4. The SMILES string of the molecule is CC(C)(CNS(C)(=O)=O)c1ccc(Br)cc1. The second-order valence-electron chi connectivity index (χ2n) is 4.48. The molecule has 0 aliphatic carbocycles. The fourth-order valence-electron chi connectivity index (χ4n) is 1.31. The summed E-state index contributed by atoms with van der Waals surface area (Å²) in [4.78, 5) is 0. The Hall–Kier alpha value is -0.390. The largest absolute Gasteiger partial charge is 0.215 e. The highest BCUT2D eigenvalue weighted by molar-refractivity contribution is 9.10. The average Bonchev–Trinajstić information content (AvgIpc) is 2.15. The molecule has 0 spiro atoms. The van der Waals surface area contributed by atoms with E-state index in [1.54, 1.807) is 0 Å². The molecule has 0 aromatic heterocycles. The summed E-state index contributed by atoms with van der Waals surface area (Å²) in [5.74, 6) is 0. The maximum Gasteiger partial charge on any atom is 0.208 e. The molecule has 0 unspecified atom stereocenters. The van der Waals surface area contributed by atoms with E-state index in [1.165, 1.54) is 6.26 Å². The van der Waals surface area contributed by atoms with Gasteiger partial charge in [0.1, 0.15) is 0 Å². The van der Waals surface area contributed by atoms with E-state index >= 15 is 0 Å². The zero-order valence-corrected chi connectivity index (χ0v) is 12.0. The van der Waals surface area contributed by atoms with Crippen molar-refractivity contribution in [2.24, 2.45) is 0 Å². The molecular weight excluding hydrogens is 290 g/mol. The first-order valence-corrected chi connectivity index (χ1v) is 7.60. The van der Waals surface area contributed by atoms with E-state index < -0.39 is 10.0 Å². The van der Waals surface area contributed by atoms with Crippen LogP contribution in [0.15, 0.2) is 28.7 Å². The third kappa shape index (κ3) is 4.23. The van der Waals surface area contributed by atoms with Gasteiger partial charge in [0.25, 0.3) is 0 Å². The fourth-order valence-corrected chi connectivity index (χ4v) is 2.20. The van der Waals surface area contributed by atoms with Gasteiger partial charge in [-0.25, -0.2) is 13.1 Å². The number of nitrogens with one attached hydrogen (secondary N) is 1. The van der Waals surface area contributed by atoms with E-state index in [1.807, 2.05) is 38.1 Å². The zero-order valence-electron chi connectivity index (χ0n) is 9.62. The van der Waals surface area contributed by atoms with Crippen LogP contribution in [0.4, 0.5) is 0 Å². The molecule has 0 fully saturated rings. The van der Waals surface area contributed by atoms with Crippen LogP contribution >= 0.6 is 15.9 Å². The summed E-state index contributed by atoms with van der Waals surface area (Å²) in [7, 11) is -3.13. The normalized spacial score (nSPS) is 12.8. The van der Waals surface area contributed by atoms with Crippen molar-refractivity contribution in [1.82, 2.24) is 4.72 Å². The first kappa shape index (κ1) is 13.7. The minimum absolute atomic E-state index is 0.218. The molecule has 0 amide bonds. The van der Waals surface area contributed by atoms with E-state index in [0.717, 1.165) is 10.0 Å². The van der Waals surface area contributed by atoms with Gasteiger partial charge in [0.2, 0.25) is 10.0 Å². The smallest absolute Gasteiger partial charge is 0.208 e. The molecule has 1 rings (SSSR count). The van der Waals surface area contributed by atoms with Crippen LogP contribution in [-0.4, -0.2) is 21.2 Å². The molecule has 0 aliphatic heterocycles. The van der Waals surface area contributed by atoms with Gasteiger partial charge in [-0.05, 0) is 17.7 Å². The second-order valence-corrected chi connectivity index (χ2v) is 7.23. The number of benzene rings is 1. The summed E-state index contributed by atoms with van der Waals surface area (Å²) in [6.45, 7) is 4.41. The monoisotopic (exact) mass is 305 g/mol. The van der Waals surface area contributed by atoms with Gasteiger partial charge in [-0.3, -0.25) is 0 Å². The maximum absolute atomic E-state index is 11.0. The van der Waals surface area contributed by atoms with E-state index in [9.17, 15) is 8.42 Å². The molecule has 90 valence electrons. The van der Waals surface area contributed by atoms with Crippen molar-refractivity contribution in [3.63, 3.8) is 0 Å². The lowest BCUT2D eigenvalue weighted by atomic mass is 9.85. The van der Waals surface area contributed by atoms with Crippen LogP contribution in [0, 0.1) is 0 Å². The van der Waals surface area contributed by atoms with Crippen LogP contribution in [0.25, 0.3) is 0 Å². The molecule has 0 atom stereocenters. The van der Waals surface area contributed by atoms with Gasteiger partial charge in [0.15, 0.2) is 0 Å². The van der Waals surface area contributed by atoms with Crippen LogP contribution in [0.2, 0.25) is 0 Å². The summed E-state index contributed by atoms with van der Waals surface area (Å²) < 4.78 is 25.6. The quantitative estimate of drug-likeness (QED) is 0.927. The van der Waals surface area contributed by atoms with Crippen LogP contribution in [0.3, 0.4) is 0 Å². The summed E-state index contributed by atoms with van der Waals surface area (Å²) in [6, 6.07) is 7.90. The van der Waals surface area contributed by atoms with Gasteiger partial charge < -0.3 is 0 Å². The number of halogens is 1.